The van der Waals surface area contributed by atoms with Gasteiger partial charge in [0.25, 0.3) is 0 Å². The van der Waals surface area contributed by atoms with E-state index >= 15 is 0 Å². The normalized spacial score (nSPS) is 16.1. The van der Waals surface area contributed by atoms with E-state index in [2.05, 4.69) is 22.3 Å². The van der Waals surface area contributed by atoms with Crippen LogP contribution in [0.15, 0.2) is 48.5 Å². The average molecular weight is 447 g/mol. The second-order valence-corrected chi connectivity index (χ2v) is 8.31. The maximum atomic E-state index is 11.0. The molecule has 1 atom stereocenters. The molecule has 0 amide bonds. The summed E-state index contributed by atoms with van der Waals surface area (Å²) in [6.07, 6.45) is 2.22. The summed E-state index contributed by atoms with van der Waals surface area (Å²) in [6.45, 7) is 6.08. The Hall–Kier alpha value is -2.28. The molecule has 2 aromatic rings. The molecule has 1 heterocycles. The number of aliphatic carboxylic acids is 1. The number of piperidine rings is 1. The number of para-hydroxylation sites is 2. The second-order valence-electron chi connectivity index (χ2n) is 7.88. The molecule has 1 unspecified atom stereocenters. The van der Waals surface area contributed by atoms with Crippen LogP contribution in [0.25, 0.3) is 0 Å². The molecule has 0 aliphatic carbocycles. The summed E-state index contributed by atoms with van der Waals surface area (Å²) in [7, 11) is 0. The lowest BCUT2D eigenvalue weighted by Crippen LogP contribution is -2.42. The van der Waals surface area contributed by atoms with E-state index < -0.39 is 12.1 Å². The van der Waals surface area contributed by atoms with Crippen LogP contribution < -0.4 is 14.8 Å². The molecule has 0 radical (unpaired) electrons. The molecule has 6 nitrogen and oxygen atoms in total. The Morgan fingerprint density at radius 2 is 1.84 bits per heavy atom. The van der Waals surface area contributed by atoms with Crippen molar-refractivity contribution in [2.45, 2.75) is 44.9 Å². The number of carboxylic acids is 1. The maximum absolute atomic E-state index is 11.0. The standard InChI is InChI=1S/C24H31ClN2O4/c1-18(24(28)29)31-23-6-3-2-5-22(23)30-16-4-13-26-21-11-14-27(15-12-21)17-19-7-9-20(25)10-8-19/h2-3,5-10,18,21,26H,4,11-17H2,1H3,(H,28,29). The van der Waals surface area contributed by atoms with E-state index in [0.29, 0.717) is 24.1 Å². The Bertz CT molecular complexity index is 823. The van der Waals surface area contributed by atoms with Crippen molar-refractivity contribution in [2.75, 3.05) is 26.2 Å². The van der Waals surface area contributed by atoms with Crippen LogP contribution in [0, 0.1) is 0 Å². The SMILES string of the molecule is CC(Oc1ccccc1OCCCNC1CCN(Cc2ccc(Cl)cc2)CC1)C(=O)O. The predicted molar refractivity (Wildman–Crippen MR) is 122 cm³/mol. The van der Waals surface area contributed by atoms with Crippen LogP contribution in [0.5, 0.6) is 11.5 Å². The summed E-state index contributed by atoms with van der Waals surface area (Å²) < 4.78 is 11.3. The Morgan fingerprint density at radius 3 is 2.52 bits per heavy atom. The number of halogens is 1. The summed E-state index contributed by atoms with van der Waals surface area (Å²) in [5, 5.41) is 13.4. The zero-order chi connectivity index (χ0) is 22.1. The van der Waals surface area contributed by atoms with Gasteiger partial charge in [0.1, 0.15) is 0 Å². The highest BCUT2D eigenvalue weighted by Gasteiger charge is 2.19. The van der Waals surface area contributed by atoms with Crippen molar-refractivity contribution in [1.82, 2.24) is 10.2 Å². The minimum Gasteiger partial charge on any atom is -0.490 e. The molecule has 0 spiro atoms. The number of hydrogen-bond acceptors (Lipinski definition) is 5. The Kier molecular flexibility index (Phi) is 9.00. The number of hydrogen-bond donors (Lipinski definition) is 2. The van der Waals surface area contributed by atoms with Crippen LogP contribution in [0.3, 0.4) is 0 Å². The fourth-order valence-electron chi connectivity index (χ4n) is 3.61. The molecule has 3 rings (SSSR count). The molecule has 168 valence electrons. The smallest absolute Gasteiger partial charge is 0.344 e. The Balaban J connectivity index is 1.31. The van der Waals surface area contributed by atoms with E-state index in [-0.39, 0.29) is 0 Å². The lowest BCUT2D eigenvalue weighted by Gasteiger charge is -2.32. The summed E-state index contributed by atoms with van der Waals surface area (Å²) in [5.74, 6) is 0.0303. The third kappa shape index (κ3) is 7.73. The van der Waals surface area contributed by atoms with Crippen molar-refractivity contribution in [3.63, 3.8) is 0 Å². The predicted octanol–water partition coefficient (Wildman–Crippen LogP) is 4.22. The summed E-state index contributed by atoms with van der Waals surface area (Å²) in [4.78, 5) is 13.5. The summed E-state index contributed by atoms with van der Waals surface area (Å²) in [6, 6.07) is 15.8. The van der Waals surface area contributed by atoms with Crippen molar-refractivity contribution in [3.8, 4) is 11.5 Å². The quantitative estimate of drug-likeness (QED) is 0.504. The molecule has 1 aliphatic heterocycles. The van der Waals surface area contributed by atoms with Gasteiger partial charge in [0.15, 0.2) is 17.6 Å². The third-order valence-corrected chi connectivity index (χ3v) is 5.67. The molecule has 1 fully saturated rings. The van der Waals surface area contributed by atoms with Crippen LogP contribution >= 0.6 is 11.6 Å². The molecular weight excluding hydrogens is 416 g/mol. The summed E-state index contributed by atoms with van der Waals surface area (Å²) >= 11 is 5.96. The number of nitrogens with zero attached hydrogens (tertiary/aromatic N) is 1. The topological polar surface area (TPSA) is 71.0 Å². The monoisotopic (exact) mass is 446 g/mol. The fourth-order valence-corrected chi connectivity index (χ4v) is 3.74. The Morgan fingerprint density at radius 1 is 1.16 bits per heavy atom. The number of carbonyl (C=O) groups is 1. The van der Waals surface area contributed by atoms with Gasteiger partial charge >= 0.3 is 5.97 Å². The van der Waals surface area contributed by atoms with Gasteiger partial charge in [-0.3, -0.25) is 4.90 Å². The van der Waals surface area contributed by atoms with E-state index in [1.807, 2.05) is 18.2 Å². The van der Waals surface area contributed by atoms with Crippen molar-refractivity contribution < 1.29 is 19.4 Å². The van der Waals surface area contributed by atoms with Gasteiger partial charge in [-0.1, -0.05) is 35.9 Å². The lowest BCUT2D eigenvalue weighted by atomic mass is 10.0. The van der Waals surface area contributed by atoms with Crippen LogP contribution in [-0.4, -0.2) is 54.4 Å². The molecule has 0 bridgehead atoms. The maximum Gasteiger partial charge on any atom is 0.344 e. The molecule has 7 heteroatoms. The summed E-state index contributed by atoms with van der Waals surface area (Å²) in [5.41, 5.74) is 1.30. The molecule has 1 aliphatic rings. The first-order chi connectivity index (χ1) is 15.0. The highest BCUT2D eigenvalue weighted by molar-refractivity contribution is 6.30. The van der Waals surface area contributed by atoms with Crippen LogP contribution in [0.2, 0.25) is 5.02 Å². The number of carboxylic acid groups (broad SMARTS) is 1. The van der Waals surface area contributed by atoms with E-state index in [1.54, 1.807) is 18.2 Å². The zero-order valence-electron chi connectivity index (χ0n) is 17.9. The fraction of sp³-hybridized carbons (Fsp3) is 0.458. The van der Waals surface area contributed by atoms with Gasteiger partial charge < -0.3 is 19.9 Å². The van der Waals surface area contributed by atoms with Crippen molar-refractivity contribution in [2.24, 2.45) is 0 Å². The number of nitrogens with one attached hydrogen (secondary N) is 1. The van der Waals surface area contributed by atoms with Gasteiger partial charge in [0.05, 0.1) is 6.61 Å². The number of rotatable bonds is 11. The van der Waals surface area contributed by atoms with Gasteiger partial charge in [-0.2, -0.15) is 0 Å². The first-order valence-corrected chi connectivity index (χ1v) is 11.2. The van der Waals surface area contributed by atoms with E-state index in [1.165, 1.54) is 12.5 Å². The second kappa shape index (κ2) is 11.9. The van der Waals surface area contributed by atoms with Crippen molar-refractivity contribution in [1.29, 1.82) is 0 Å². The minimum atomic E-state index is -1.00. The van der Waals surface area contributed by atoms with Gasteiger partial charge in [-0.15, -0.1) is 0 Å². The van der Waals surface area contributed by atoms with Crippen LogP contribution in [-0.2, 0) is 11.3 Å². The highest BCUT2D eigenvalue weighted by atomic mass is 35.5. The first kappa shape index (κ1) is 23.4. The van der Waals surface area contributed by atoms with Crippen molar-refractivity contribution in [3.05, 3.63) is 59.1 Å². The van der Waals surface area contributed by atoms with Gasteiger partial charge in [-0.25, -0.2) is 4.79 Å². The van der Waals surface area contributed by atoms with Crippen molar-refractivity contribution >= 4 is 17.6 Å². The van der Waals surface area contributed by atoms with E-state index in [9.17, 15) is 4.79 Å². The van der Waals surface area contributed by atoms with Crippen LogP contribution in [0.4, 0.5) is 0 Å². The van der Waals surface area contributed by atoms with Gasteiger partial charge in [0, 0.05) is 17.6 Å². The molecule has 0 aromatic heterocycles. The molecule has 2 aromatic carbocycles. The van der Waals surface area contributed by atoms with Crippen LogP contribution in [0.1, 0.15) is 31.7 Å². The lowest BCUT2D eigenvalue weighted by molar-refractivity contribution is -0.144. The highest BCUT2D eigenvalue weighted by Crippen LogP contribution is 2.27. The molecule has 0 saturated carbocycles. The molecule has 2 N–H and O–H groups in total. The molecule has 31 heavy (non-hydrogen) atoms. The molecule has 1 saturated heterocycles. The largest absolute Gasteiger partial charge is 0.490 e. The first-order valence-electron chi connectivity index (χ1n) is 10.8. The minimum absolute atomic E-state index is 0.457. The van der Waals surface area contributed by atoms with Gasteiger partial charge in [0.2, 0.25) is 0 Å². The number of benzene rings is 2. The third-order valence-electron chi connectivity index (χ3n) is 5.42. The van der Waals surface area contributed by atoms with Gasteiger partial charge in [-0.05, 0) is 75.6 Å². The van der Waals surface area contributed by atoms with E-state index in [0.717, 1.165) is 50.5 Å². The Labute approximate surface area is 189 Å². The molecular formula is C24H31ClN2O4. The van der Waals surface area contributed by atoms with E-state index in [4.69, 9.17) is 26.2 Å². The number of ether oxygens (including phenoxy) is 2. The zero-order valence-corrected chi connectivity index (χ0v) is 18.7. The average Bonchev–Trinajstić information content (AvgIpc) is 2.77. The number of likely N-dealkylation sites (tertiary alicyclic amines) is 1.